The van der Waals surface area contributed by atoms with Gasteiger partial charge in [-0.2, -0.15) is 13.2 Å². The quantitative estimate of drug-likeness (QED) is 0.430. The van der Waals surface area contributed by atoms with E-state index in [1.54, 1.807) is 0 Å². The minimum atomic E-state index is -5.42. The first kappa shape index (κ1) is 19.1. The molecule has 102 valence electrons. The average Bonchev–Trinajstić information content (AvgIpc) is 2.17. The summed E-state index contributed by atoms with van der Waals surface area (Å²) in [5, 5.41) is 7.93. The van der Waals surface area contributed by atoms with E-state index in [1.807, 2.05) is 0 Å². The van der Waals surface area contributed by atoms with Gasteiger partial charge in [0.15, 0.2) is 5.44 Å². The normalized spacial score (nSPS) is 13.8. The minimum Gasteiger partial charge on any atom is -0.746 e. The Hall–Kier alpha value is 0.1000. The Bertz CT molecular complexity index is 575. The fraction of sp³-hybridized carbons (Fsp3) is 0.250. The molecule has 0 aliphatic heterocycles. The summed E-state index contributed by atoms with van der Waals surface area (Å²) in [6, 6.07) is 0.228. The Morgan fingerprint density at radius 2 is 1.79 bits per heavy atom. The van der Waals surface area contributed by atoms with Gasteiger partial charge < -0.3 is 9.66 Å². The number of halogens is 5. The average molecular weight is 331 g/mol. The van der Waals surface area contributed by atoms with Crippen LogP contribution < -0.4 is 29.6 Å². The van der Waals surface area contributed by atoms with Gasteiger partial charge in [0, 0.05) is 5.56 Å². The number of aliphatic hydroxyl groups is 1. The third kappa shape index (κ3) is 4.55. The van der Waals surface area contributed by atoms with E-state index < -0.39 is 43.7 Å². The number of benzene rings is 1. The number of hydrogen-bond acceptors (Lipinski definition) is 4. The molecule has 0 fully saturated rings. The van der Waals surface area contributed by atoms with E-state index in [-0.39, 0.29) is 41.7 Å². The van der Waals surface area contributed by atoms with E-state index in [2.05, 4.69) is 0 Å². The molecule has 0 aliphatic carbocycles. The summed E-state index contributed by atoms with van der Waals surface area (Å²) in [6.45, 7) is 0. The van der Waals surface area contributed by atoms with Crippen molar-refractivity contribution in [3.8, 4) is 0 Å². The molecule has 1 atom stereocenters. The third-order valence-corrected chi connectivity index (χ3v) is 3.00. The van der Waals surface area contributed by atoms with Gasteiger partial charge in [0.2, 0.25) is 0 Å². The van der Waals surface area contributed by atoms with Crippen molar-refractivity contribution in [1.82, 2.24) is 0 Å². The van der Waals surface area contributed by atoms with Crippen molar-refractivity contribution in [1.29, 1.82) is 0 Å². The van der Waals surface area contributed by atoms with Gasteiger partial charge in [-0.3, -0.25) is 0 Å². The van der Waals surface area contributed by atoms with Crippen LogP contribution in [0.25, 0.3) is 0 Å². The van der Waals surface area contributed by atoms with E-state index in [1.165, 1.54) is 0 Å². The molecule has 11 heteroatoms. The van der Waals surface area contributed by atoms with Gasteiger partial charge in [-0.05, 0) is 12.1 Å². The van der Waals surface area contributed by atoms with E-state index >= 15 is 0 Å². The van der Waals surface area contributed by atoms with E-state index in [0.29, 0.717) is 0 Å². The van der Waals surface area contributed by atoms with E-state index in [0.717, 1.165) is 0 Å². The zero-order chi connectivity index (χ0) is 14.3. The monoisotopic (exact) mass is 330 g/mol. The molecule has 0 aliphatic rings. The second kappa shape index (κ2) is 6.25. The molecule has 0 saturated carbocycles. The van der Waals surface area contributed by atoms with Crippen LogP contribution >= 0.6 is 11.6 Å². The molecule has 0 radical (unpaired) electrons. The molecule has 4 nitrogen and oxygen atoms in total. The SMILES string of the molecule is O=S(=O)([O-])C(O)c1cc(C(F)(F)F)cc(Cl)c1F.[Na+]. The van der Waals surface area contributed by atoms with Crippen molar-refractivity contribution in [2.45, 2.75) is 11.6 Å². The van der Waals surface area contributed by atoms with Gasteiger partial charge in [-0.25, -0.2) is 12.8 Å². The third-order valence-electron chi connectivity index (χ3n) is 1.92. The van der Waals surface area contributed by atoms with Crippen LogP contribution in [0.3, 0.4) is 0 Å². The fourth-order valence-corrected chi connectivity index (χ4v) is 1.82. The van der Waals surface area contributed by atoms with Gasteiger partial charge in [-0.1, -0.05) is 11.6 Å². The Balaban J connectivity index is 0.00000324. The molecule has 1 aromatic rings. The van der Waals surface area contributed by atoms with Gasteiger partial charge in [0.05, 0.1) is 10.6 Å². The van der Waals surface area contributed by atoms with Crippen LogP contribution in [0.1, 0.15) is 16.6 Å². The number of alkyl halides is 3. The summed E-state index contributed by atoms with van der Waals surface area (Å²) in [6.07, 6.45) is -4.93. The van der Waals surface area contributed by atoms with Crippen molar-refractivity contribution in [2.75, 3.05) is 0 Å². The van der Waals surface area contributed by atoms with Crippen molar-refractivity contribution < 1.29 is 65.2 Å². The molecule has 0 spiro atoms. The van der Waals surface area contributed by atoms with Crippen LogP contribution in [0.15, 0.2) is 12.1 Å². The maximum atomic E-state index is 13.3. The van der Waals surface area contributed by atoms with Gasteiger partial charge >= 0.3 is 35.7 Å². The van der Waals surface area contributed by atoms with Gasteiger partial charge in [0.25, 0.3) is 0 Å². The van der Waals surface area contributed by atoms with Gasteiger partial charge in [0.1, 0.15) is 15.9 Å². The number of hydrogen-bond donors (Lipinski definition) is 1. The van der Waals surface area contributed by atoms with Crippen LogP contribution in [0.5, 0.6) is 0 Å². The van der Waals surface area contributed by atoms with Crippen molar-refractivity contribution in [3.05, 3.63) is 34.1 Å². The molecule has 0 saturated heterocycles. The predicted octanol–water partition coefficient (Wildman–Crippen LogP) is -0.962. The van der Waals surface area contributed by atoms with Crippen LogP contribution in [0, 0.1) is 5.82 Å². The summed E-state index contributed by atoms with van der Waals surface area (Å²) >= 11 is 5.14. The van der Waals surface area contributed by atoms with Crippen molar-refractivity contribution in [3.63, 3.8) is 0 Å². The molecule has 0 amide bonds. The molecule has 1 unspecified atom stereocenters. The molecular formula is C8H4ClF4NaO4S. The summed E-state index contributed by atoms with van der Waals surface area (Å²) in [5.74, 6) is -1.60. The Labute approximate surface area is 132 Å². The van der Waals surface area contributed by atoms with Crippen LogP contribution in [-0.2, 0) is 16.3 Å². The van der Waals surface area contributed by atoms with Crippen LogP contribution in [0.2, 0.25) is 5.02 Å². The number of rotatable bonds is 2. The zero-order valence-corrected chi connectivity index (χ0v) is 12.8. The van der Waals surface area contributed by atoms with Crippen LogP contribution in [0.4, 0.5) is 17.6 Å². The molecule has 1 rings (SSSR count). The first-order valence-electron chi connectivity index (χ1n) is 4.13. The maximum absolute atomic E-state index is 13.3. The maximum Gasteiger partial charge on any atom is 1.00 e. The topological polar surface area (TPSA) is 77.4 Å². The summed E-state index contributed by atoms with van der Waals surface area (Å²) in [5.41, 5.74) is -5.78. The van der Waals surface area contributed by atoms with E-state index in [9.17, 15) is 30.5 Å². The second-order valence-corrected chi connectivity index (χ2v) is 5.04. The smallest absolute Gasteiger partial charge is 0.746 e. The van der Waals surface area contributed by atoms with Crippen LogP contribution in [-0.4, -0.2) is 18.1 Å². The summed E-state index contributed by atoms with van der Waals surface area (Å²) in [4.78, 5) is 0. The Kier molecular flexibility index (Phi) is 6.28. The zero-order valence-electron chi connectivity index (χ0n) is 9.20. The largest absolute Gasteiger partial charge is 1.00 e. The minimum absolute atomic E-state index is 0. The molecule has 19 heavy (non-hydrogen) atoms. The predicted molar refractivity (Wildman–Crippen MR) is 51.1 cm³/mol. The van der Waals surface area contributed by atoms with Crippen molar-refractivity contribution in [2.24, 2.45) is 0 Å². The molecule has 1 N–H and O–H groups in total. The van der Waals surface area contributed by atoms with Gasteiger partial charge in [-0.15, -0.1) is 0 Å². The molecule has 1 aromatic carbocycles. The second-order valence-electron chi connectivity index (χ2n) is 3.20. The first-order chi connectivity index (χ1) is 7.94. The number of aliphatic hydroxyl groups excluding tert-OH is 1. The molecule has 0 heterocycles. The Morgan fingerprint density at radius 3 is 2.16 bits per heavy atom. The fourth-order valence-electron chi connectivity index (χ4n) is 1.11. The Morgan fingerprint density at radius 1 is 1.32 bits per heavy atom. The standard InChI is InChI=1S/C8H5ClF4O4S.Na/c9-5-2-3(8(11,12)13)1-4(6(5)10)7(14)18(15,16)17;/h1-2,7,14H,(H,15,16,17);/q;+1/p-1. The molecule has 0 bridgehead atoms. The molecule has 0 aromatic heterocycles. The van der Waals surface area contributed by atoms with Crippen molar-refractivity contribution >= 4 is 21.7 Å². The molecular weight excluding hydrogens is 327 g/mol. The first-order valence-corrected chi connectivity index (χ1v) is 5.98. The summed E-state index contributed by atoms with van der Waals surface area (Å²) < 4.78 is 81.7. The van der Waals surface area contributed by atoms with E-state index in [4.69, 9.17) is 16.7 Å². The summed E-state index contributed by atoms with van der Waals surface area (Å²) in [7, 11) is -5.42.